The Hall–Kier alpha value is -1.71. The molecule has 0 spiro atoms. The van der Waals surface area contributed by atoms with Crippen LogP contribution in [0.4, 0.5) is 10.5 Å². The van der Waals surface area contributed by atoms with Crippen LogP contribution < -0.4 is 11.1 Å². The van der Waals surface area contributed by atoms with Crippen LogP contribution in [0.15, 0.2) is 24.3 Å². The lowest BCUT2D eigenvalue weighted by atomic mass is 10.0. The molecule has 0 unspecified atom stereocenters. The van der Waals surface area contributed by atoms with Crippen LogP contribution in [0.1, 0.15) is 90.5 Å². The number of unbranched alkanes of at least 4 members (excludes halogenated alkanes) is 9. The van der Waals surface area contributed by atoms with E-state index in [-0.39, 0.29) is 6.09 Å². The van der Waals surface area contributed by atoms with Gasteiger partial charge in [-0.3, -0.25) is 0 Å². The Morgan fingerprint density at radius 3 is 1.85 bits per heavy atom. The van der Waals surface area contributed by atoms with E-state index in [0.29, 0.717) is 6.54 Å². The SMILES string of the molecule is CC(C)(C)OC(=O)NCCCCCCCCCCCCc1ccc(N)cc1. The fourth-order valence-corrected chi connectivity index (χ4v) is 3.06. The lowest BCUT2D eigenvalue weighted by Gasteiger charge is -2.19. The van der Waals surface area contributed by atoms with E-state index >= 15 is 0 Å². The first-order chi connectivity index (χ1) is 12.9. The fourth-order valence-electron chi connectivity index (χ4n) is 3.06. The van der Waals surface area contributed by atoms with Gasteiger partial charge in [0, 0.05) is 12.2 Å². The van der Waals surface area contributed by atoms with Crippen molar-refractivity contribution in [3.8, 4) is 0 Å². The molecule has 0 heterocycles. The Labute approximate surface area is 166 Å². The number of nitrogens with two attached hydrogens (primary N) is 1. The minimum atomic E-state index is -0.416. The smallest absolute Gasteiger partial charge is 0.407 e. The highest BCUT2D eigenvalue weighted by molar-refractivity contribution is 5.67. The van der Waals surface area contributed by atoms with Crippen LogP contribution in [0.3, 0.4) is 0 Å². The number of alkyl carbamates (subject to hydrolysis) is 1. The van der Waals surface area contributed by atoms with Gasteiger partial charge < -0.3 is 15.8 Å². The van der Waals surface area contributed by atoms with Crippen LogP contribution in [0.25, 0.3) is 0 Å². The Bertz CT molecular complexity index is 506. The van der Waals surface area contributed by atoms with Crippen LogP contribution in [-0.4, -0.2) is 18.2 Å². The van der Waals surface area contributed by atoms with Crippen molar-refractivity contribution in [1.29, 1.82) is 0 Å². The van der Waals surface area contributed by atoms with Crippen molar-refractivity contribution in [2.75, 3.05) is 12.3 Å². The standard InChI is InChI=1S/C23H40N2O2/c1-23(2,3)27-22(26)25-19-13-11-9-7-5-4-6-8-10-12-14-20-15-17-21(24)18-16-20/h15-18H,4-14,19,24H2,1-3H3,(H,25,26). The molecule has 1 amide bonds. The summed E-state index contributed by atoms with van der Waals surface area (Å²) in [5.74, 6) is 0. The number of amides is 1. The number of nitrogen functional groups attached to an aromatic ring is 1. The molecule has 27 heavy (non-hydrogen) atoms. The lowest BCUT2D eigenvalue weighted by molar-refractivity contribution is 0.0527. The first-order valence-corrected chi connectivity index (χ1v) is 10.7. The normalized spacial score (nSPS) is 11.4. The molecule has 3 N–H and O–H groups in total. The van der Waals surface area contributed by atoms with Crippen molar-refractivity contribution in [3.63, 3.8) is 0 Å². The summed E-state index contributed by atoms with van der Waals surface area (Å²) in [4.78, 5) is 11.5. The predicted octanol–water partition coefficient (Wildman–Crippen LogP) is 6.24. The minimum absolute atomic E-state index is 0.307. The fraction of sp³-hybridized carbons (Fsp3) is 0.696. The predicted molar refractivity (Wildman–Crippen MR) is 115 cm³/mol. The van der Waals surface area contributed by atoms with Gasteiger partial charge in [-0.25, -0.2) is 4.79 Å². The molecule has 154 valence electrons. The monoisotopic (exact) mass is 376 g/mol. The van der Waals surface area contributed by atoms with Gasteiger partial charge in [-0.1, -0.05) is 63.5 Å². The zero-order valence-electron chi connectivity index (χ0n) is 17.7. The molecule has 0 atom stereocenters. The second-order valence-corrected chi connectivity index (χ2v) is 8.46. The van der Waals surface area contributed by atoms with Crippen molar-refractivity contribution >= 4 is 11.8 Å². The number of aryl methyl sites for hydroxylation is 1. The van der Waals surface area contributed by atoms with Crippen LogP contribution in [0, 0.1) is 0 Å². The summed E-state index contributed by atoms with van der Waals surface area (Å²) in [5.41, 5.74) is 7.53. The van der Waals surface area contributed by atoms with Crippen molar-refractivity contribution in [2.24, 2.45) is 0 Å². The van der Waals surface area contributed by atoms with Gasteiger partial charge in [0.1, 0.15) is 5.60 Å². The maximum atomic E-state index is 11.5. The molecule has 0 aliphatic rings. The average Bonchev–Trinajstić information content (AvgIpc) is 2.59. The lowest BCUT2D eigenvalue weighted by Crippen LogP contribution is -2.32. The number of hydrogen-bond donors (Lipinski definition) is 2. The molecular formula is C23H40N2O2. The van der Waals surface area contributed by atoms with Crippen LogP contribution >= 0.6 is 0 Å². The second kappa shape index (κ2) is 13.5. The van der Waals surface area contributed by atoms with Crippen molar-refractivity contribution in [3.05, 3.63) is 29.8 Å². The molecule has 0 saturated carbocycles. The van der Waals surface area contributed by atoms with Gasteiger partial charge >= 0.3 is 6.09 Å². The summed E-state index contributed by atoms with van der Waals surface area (Å²) < 4.78 is 5.21. The summed E-state index contributed by atoms with van der Waals surface area (Å²) >= 11 is 0. The number of anilines is 1. The van der Waals surface area contributed by atoms with Gasteiger partial charge in [0.15, 0.2) is 0 Å². The van der Waals surface area contributed by atoms with Gasteiger partial charge in [0.2, 0.25) is 0 Å². The summed E-state index contributed by atoms with van der Waals surface area (Å²) in [6.45, 7) is 6.36. The summed E-state index contributed by atoms with van der Waals surface area (Å²) in [6, 6.07) is 8.25. The number of nitrogens with one attached hydrogen (secondary N) is 1. The summed E-state index contributed by atoms with van der Waals surface area (Å²) in [6.07, 6.45) is 13.6. The molecular weight excluding hydrogens is 336 g/mol. The first kappa shape index (κ1) is 23.3. The Kier molecular flexibility index (Phi) is 11.6. The molecule has 1 aromatic carbocycles. The maximum Gasteiger partial charge on any atom is 0.407 e. The molecule has 0 saturated heterocycles. The number of rotatable bonds is 13. The molecule has 0 aliphatic carbocycles. The molecule has 1 rings (SSSR count). The van der Waals surface area contributed by atoms with Crippen LogP contribution in [0.2, 0.25) is 0 Å². The number of carbonyl (C=O) groups excluding carboxylic acids is 1. The minimum Gasteiger partial charge on any atom is -0.444 e. The highest BCUT2D eigenvalue weighted by atomic mass is 16.6. The van der Waals surface area contributed by atoms with Crippen molar-refractivity contribution in [2.45, 2.75) is 97.0 Å². The highest BCUT2D eigenvalue weighted by Crippen LogP contribution is 2.13. The zero-order valence-corrected chi connectivity index (χ0v) is 17.7. The van der Waals surface area contributed by atoms with E-state index in [1.807, 2.05) is 32.9 Å². The van der Waals surface area contributed by atoms with E-state index in [1.54, 1.807) is 0 Å². The third-order valence-corrected chi connectivity index (χ3v) is 4.54. The van der Waals surface area contributed by atoms with E-state index < -0.39 is 5.60 Å². The maximum absolute atomic E-state index is 11.5. The number of benzene rings is 1. The van der Waals surface area contributed by atoms with Crippen molar-refractivity contribution in [1.82, 2.24) is 5.32 Å². The Morgan fingerprint density at radius 1 is 0.852 bits per heavy atom. The molecule has 0 aliphatic heterocycles. The molecule has 4 nitrogen and oxygen atoms in total. The highest BCUT2D eigenvalue weighted by Gasteiger charge is 2.15. The van der Waals surface area contributed by atoms with Crippen LogP contribution in [0.5, 0.6) is 0 Å². The molecule has 4 heteroatoms. The van der Waals surface area contributed by atoms with Gasteiger partial charge in [-0.2, -0.15) is 0 Å². The quantitative estimate of drug-likeness (QED) is 0.316. The van der Waals surface area contributed by atoms with Gasteiger partial charge in [-0.15, -0.1) is 0 Å². The van der Waals surface area contributed by atoms with E-state index in [9.17, 15) is 4.79 Å². The molecule has 0 bridgehead atoms. The second-order valence-electron chi connectivity index (χ2n) is 8.46. The zero-order chi connectivity index (χ0) is 20.0. The van der Waals surface area contributed by atoms with E-state index in [2.05, 4.69) is 17.4 Å². The molecule has 0 fully saturated rings. The largest absolute Gasteiger partial charge is 0.444 e. The first-order valence-electron chi connectivity index (χ1n) is 10.7. The molecule has 0 aromatic heterocycles. The summed E-state index contributed by atoms with van der Waals surface area (Å²) in [5, 5.41) is 2.82. The van der Waals surface area contributed by atoms with Gasteiger partial charge in [0.25, 0.3) is 0 Å². The van der Waals surface area contributed by atoms with E-state index in [0.717, 1.165) is 18.5 Å². The van der Waals surface area contributed by atoms with Crippen LogP contribution in [-0.2, 0) is 11.2 Å². The Balaban J connectivity index is 1.81. The number of hydrogen-bond acceptors (Lipinski definition) is 3. The number of carbonyl (C=O) groups is 1. The Morgan fingerprint density at radius 2 is 1.33 bits per heavy atom. The molecule has 1 aromatic rings. The van der Waals surface area contributed by atoms with E-state index in [4.69, 9.17) is 10.5 Å². The topological polar surface area (TPSA) is 64.3 Å². The van der Waals surface area contributed by atoms with Crippen molar-refractivity contribution < 1.29 is 9.53 Å². The van der Waals surface area contributed by atoms with Gasteiger partial charge in [-0.05, 0) is 57.7 Å². The third-order valence-electron chi connectivity index (χ3n) is 4.54. The average molecular weight is 377 g/mol. The third kappa shape index (κ3) is 14.1. The van der Waals surface area contributed by atoms with E-state index in [1.165, 1.54) is 63.4 Å². The number of ether oxygens (including phenoxy) is 1. The summed E-state index contributed by atoms with van der Waals surface area (Å²) in [7, 11) is 0. The van der Waals surface area contributed by atoms with Gasteiger partial charge in [0.05, 0.1) is 0 Å². The molecule has 0 radical (unpaired) electrons.